The number of nitrogens with two attached hydrogens (primary N) is 1. The lowest BCUT2D eigenvalue weighted by Crippen LogP contribution is -2.08. The van der Waals surface area contributed by atoms with Gasteiger partial charge < -0.3 is 11.1 Å². The Balaban J connectivity index is 2.14. The fraction of sp³-hybridized carbons (Fsp3) is 0.500. The van der Waals surface area contributed by atoms with Gasteiger partial charge in [-0.05, 0) is 25.0 Å². The molecule has 0 saturated carbocycles. The van der Waals surface area contributed by atoms with Crippen molar-refractivity contribution in [2.24, 2.45) is 0 Å². The quantitative estimate of drug-likeness (QED) is 0.769. The van der Waals surface area contributed by atoms with E-state index in [-0.39, 0.29) is 6.42 Å². The van der Waals surface area contributed by atoms with E-state index in [4.69, 9.17) is 5.73 Å². The van der Waals surface area contributed by atoms with Gasteiger partial charge in [0.2, 0.25) is 0 Å². The van der Waals surface area contributed by atoms with E-state index in [1.54, 1.807) is 18.3 Å². The number of nitrogens with one attached hydrogen (secondary N) is 1. The van der Waals surface area contributed by atoms with Crippen LogP contribution in [0.4, 0.5) is 24.7 Å². The lowest BCUT2D eigenvalue weighted by molar-refractivity contribution is -0.135. The Morgan fingerprint density at radius 3 is 2.56 bits per heavy atom. The molecule has 1 heterocycles. The van der Waals surface area contributed by atoms with Crippen molar-refractivity contribution < 1.29 is 13.2 Å². The van der Waals surface area contributed by atoms with Crippen LogP contribution in [0.3, 0.4) is 0 Å². The van der Waals surface area contributed by atoms with Crippen molar-refractivity contribution in [3.63, 3.8) is 0 Å². The molecule has 0 atom stereocenters. The van der Waals surface area contributed by atoms with Gasteiger partial charge >= 0.3 is 6.18 Å². The Labute approximate surface area is 91.9 Å². The number of unbranched alkanes of at least 4 members (excludes halogenated alkanes) is 1. The first kappa shape index (κ1) is 12.6. The highest BCUT2D eigenvalue weighted by Gasteiger charge is 2.25. The van der Waals surface area contributed by atoms with E-state index < -0.39 is 12.6 Å². The van der Waals surface area contributed by atoms with Crippen LogP contribution in [-0.4, -0.2) is 17.7 Å². The summed E-state index contributed by atoms with van der Waals surface area (Å²) in [5.74, 6) is 0.419. The van der Waals surface area contributed by atoms with Crippen LogP contribution in [0.25, 0.3) is 0 Å². The Kier molecular flexibility index (Phi) is 4.39. The second-order valence-corrected chi connectivity index (χ2v) is 3.47. The predicted molar refractivity (Wildman–Crippen MR) is 57.0 cm³/mol. The van der Waals surface area contributed by atoms with Crippen LogP contribution < -0.4 is 11.1 Å². The molecule has 0 saturated heterocycles. The number of hydrogen-bond acceptors (Lipinski definition) is 3. The zero-order valence-electron chi connectivity index (χ0n) is 8.72. The molecule has 0 aliphatic heterocycles. The fourth-order valence-electron chi connectivity index (χ4n) is 1.19. The molecule has 0 fully saturated rings. The van der Waals surface area contributed by atoms with Crippen molar-refractivity contribution in [2.75, 3.05) is 17.6 Å². The minimum atomic E-state index is -4.05. The average molecular weight is 233 g/mol. The second kappa shape index (κ2) is 5.58. The fourth-order valence-corrected chi connectivity index (χ4v) is 1.19. The molecule has 0 radical (unpaired) electrons. The lowest BCUT2D eigenvalue weighted by atomic mass is 10.2. The highest BCUT2D eigenvalue weighted by atomic mass is 19.4. The maximum atomic E-state index is 11.8. The molecule has 6 heteroatoms. The Bertz CT molecular complexity index is 308. The first-order chi connectivity index (χ1) is 7.47. The highest BCUT2D eigenvalue weighted by molar-refractivity contribution is 5.45. The number of aromatic nitrogens is 1. The molecule has 1 aromatic rings. The van der Waals surface area contributed by atoms with Crippen LogP contribution in [0, 0.1) is 0 Å². The average Bonchev–Trinajstić information content (AvgIpc) is 2.19. The Hall–Kier alpha value is -1.46. The molecule has 90 valence electrons. The number of pyridine rings is 1. The van der Waals surface area contributed by atoms with E-state index in [0.717, 1.165) is 5.69 Å². The third-order valence-electron chi connectivity index (χ3n) is 2.00. The van der Waals surface area contributed by atoms with Crippen molar-refractivity contribution in [2.45, 2.75) is 25.4 Å². The van der Waals surface area contributed by atoms with E-state index in [1.807, 2.05) is 0 Å². The number of anilines is 2. The van der Waals surface area contributed by atoms with E-state index in [0.29, 0.717) is 18.8 Å². The molecule has 0 amide bonds. The molecular weight excluding hydrogens is 219 g/mol. The third-order valence-corrected chi connectivity index (χ3v) is 2.00. The van der Waals surface area contributed by atoms with Crippen LogP contribution >= 0.6 is 0 Å². The van der Waals surface area contributed by atoms with Crippen molar-refractivity contribution >= 4 is 11.5 Å². The van der Waals surface area contributed by atoms with E-state index in [9.17, 15) is 13.2 Å². The number of hydrogen-bond donors (Lipinski definition) is 2. The summed E-state index contributed by atoms with van der Waals surface area (Å²) < 4.78 is 35.4. The minimum absolute atomic E-state index is 0.138. The summed E-state index contributed by atoms with van der Waals surface area (Å²) in [6, 6.07) is 3.38. The molecule has 1 rings (SSSR count). The molecule has 3 N–H and O–H groups in total. The minimum Gasteiger partial charge on any atom is -0.384 e. The van der Waals surface area contributed by atoms with E-state index >= 15 is 0 Å². The maximum Gasteiger partial charge on any atom is 0.389 e. The van der Waals surface area contributed by atoms with Gasteiger partial charge in [0.05, 0.1) is 11.9 Å². The molecule has 0 spiro atoms. The first-order valence-corrected chi connectivity index (χ1v) is 4.99. The van der Waals surface area contributed by atoms with Gasteiger partial charge in [0.15, 0.2) is 0 Å². The summed E-state index contributed by atoms with van der Waals surface area (Å²) in [5, 5.41) is 2.97. The monoisotopic (exact) mass is 233 g/mol. The molecule has 0 aliphatic rings. The SMILES string of the molecule is Nc1ccc(NCCCCC(F)(F)F)cn1. The highest BCUT2D eigenvalue weighted by Crippen LogP contribution is 2.22. The summed E-state index contributed by atoms with van der Waals surface area (Å²) in [4.78, 5) is 3.85. The molecule has 16 heavy (non-hydrogen) atoms. The molecule has 0 aliphatic carbocycles. The van der Waals surface area contributed by atoms with Gasteiger partial charge in [-0.15, -0.1) is 0 Å². The smallest absolute Gasteiger partial charge is 0.384 e. The van der Waals surface area contributed by atoms with Crippen LogP contribution in [0.2, 0.25) is 0 Å². The van der Waals surface area contributed by atoms with Crippen molar-refractivity contribution in [3.05, 3.63) is 18.3 Å². The normalized spacial score (nSPS) is 11.4. The molecule has 1 aromatic heterocycles. The zero-order chi connectivity index (χ0) is 12.0. The summed E-state index contributed by atoms with van der Waals surface area (Å²) in [6.07, 6.45) is -2.61. The van der Waals surface area contributed by atoms with Crippen LogP contribution in [-0.2, 0) is 0 Å². The third kappa shape index (κ3) is 5.43. The lowest BCUT2D eigenvalue weighted by Gasteiger charge is -2.07. The molecular formula is C10H14F3N3. The maximum absolute atomic E-state index is 11.8. The largest absolute Gasteiger partial charge is 0.389 e. The second-order valence-electron chi connectivity index (χ2n) is 3.47. The molecule has 3 nitrogen and oxygen atoms in total. The summed E-state index contributed by atoms with van der Waals surface area (Å²) in [5.41, 5.74) is 6.15. The van der Waals surface area contributed by atoms with Gasteiger partial charge in [0.25, 0.3) is 0 Å². The van der Waals surface area contributed by atoms with Gasteiger partial charge in [0.1, 0.15) is 5.82 Å². The van der Waals surface area contributed by atoms with Crippen LogP contribution in [0.15, 0.2) is 18.3 Å². The number of rotatable bonds is 5. The number of halogens is 3. The topological polar surface area (TPSA) is 50.9 Å². The van der Waals surface area contributed by atoms with Crippen molar-refractivity contribution in [3.8, 4) is 0 Å². The van der Waals surface area contributed by atoms with Crippen molar-refractivity contribution in [1.29, 1.82) is 0 Å². The van der Waals surface area contributed by atoms with E-state index in [2.05, 4.69) is 10.3 Å². The van der Waals surface area contributed by atoms with E-state index in [1.165, 1.54) is 0 Å². The van der Waals surface area contributed by atoms with Gasteiger partial charge in [-0.2, -0.15) is 13.2 Å². The summed E-state index contributed by atoms with van der Waals surface area (Å²) >= 11 is 0. The standard InChI is InChI=1S/C10H14F3N3/c11-10(12,13)5-1-2-6-15-8-3-4-9(14)16-7-8/h3-4,7,15H,1-2,5-6H2,(H2,14,16). The Morgan fingerprint density at radius 1 is 1.25 bits per heavy atom. The predicted octanol–water partition coefficient (Wildman–Crippen LogP) is 2.81. The summed E-state index contributed by atoms with van der Waals surface area (Å²) in [7, 11) is 0. The van der Waals surface area contributed by atoms with Gasteiger partial charge in [-0.25, -0.2) is 4.98 Å². The van der Waals surface area contributed by atoms with Gasteiger partial charge in [-0.1, -0.05) is 0 Å². The van der Waals surface area contributed by atoms with Crippen LogP contribution in [0.5, 0.6) is 0 Å². The molecule has 0 unspecified atom stereocenters. The summed E-state index contributed by atoms with van der Waals surface area (Å²) in [6.45, 7) is 0.502. The molecule has 0 aromatic carbocycles. The zero-order valence-corrected chi connectivity index (χ0v) is 8.72. The van der Waals surface area contributed by atoms with Crippen LogP contribution in [0.1, 0.15) is 19.3 Å². The number of nitrogens with zero attached hydrogens (tertiary/aromatic N) is 1. The number of alkyl halides is 3. The molecule has 0 bridgehead atoms. The number of nitrogen functional groups attached to an aromatic ring is 1. The first-order valence-electron chi connectivity index (χ1n) is 4.99. The van der Waals surface area contributed by atoms with Crippen molar-refractivity contribution in [1.82, 2.24) is 4.98 Å². The Morgan fingerprint density at radius 2 is 2.00 bits per heavy atom. The van der Waals surface area contributed by atoms with Gasteiger partial charge in [-0.3, -0.25) is 0 Å². The van der Waals surface area contributed by atoms with Gasteiger partial charge in [0, 0.05) is 13.0 Å².